The van der Waals surface area contributed by atoms with Crippen molar-refractivity contribution >= 4 is 65.8 Å². The highest BCUT2D eigenvalue weighted by molar-refractivity contribution is 6.11. The Morgan fingerprint density at radius 2 is 0.789 bits per heavy atom. The molecule has 0 aliphatic heterocycles. The van der Waals surface area contributed by atoms with Gasteiger partial charge < -0.3 is 13.3 Å². The summed E-state index contributed by atoms with van der Waals surface area (Å²) in [5.41, 5.74) is 13.8. The van der Waals surface area contributed by atoms with Crippen LogP contribution in [0.1, 0.15) is 0 Å². The first kappa shape index (κ1) is 31.6. The fraction of sp³-hybridized carbons (Fsp3) is 0. The second kappa shape index (κ2) is 12.4. The smallest absolute Gasteiger partial charge is 0.160 e. The lowest BCUT2D eigenvalue weighted by atomic mass is 9.93. The number of aromatic nitrogens is 2. The van der Waals surface area contributed by atoms with Crippen molar-refractivity contribution in [1.82, 2.24) is 9.97 Å². The summed E-state index contributed by atoms with van der Waals surface area (Å²) in [6.45, 7) is 0. The van der Waals surface area contributed by atoms with Crippen LogP contribution in [0.3, 0.4) is 0 Å². The van der Waals surface area contributed by atoms with E-state index in [1.54, 1.807) is 0 Å². The zero-order chi connectivity index (χ0) is 37.5. The molecule has 12 aromatic rings. The highest BCUT2D eigenvalue weighted by Gasteiger charge is 2.18. The molecule has 0 saturated carbocycles. The van der Waals surface area contributed by atoms with Crippen molar-refractivity contribution in [2.45, 2.75) is 0 Å². The molecule has 0 fully saturated rings. The predicted octanol–water partition coefficient (Wildman–Crippen LogP) is 14.5. The van der Waals surface area contributed by atoms with Crippen molar-refractivity contribution in [1.29, 1.82) is 0 Å². The van der Waals surface area contributed by atoms with Gasteiger partial charge in [0, 0.05) is 54.6 Å². The first-order chi connectivity index (χ1) is 28.2. The normalized spacial score (nSPS) is 11.9. The summed E-state index contributed by atoms with van der Waals surface area (Å²) in [7, 11) is 0. The summed E-state index contributed by atoms with van der Waals surface area (Å²) in [6, 6.07) is 62.7. The maximum Gasteiger partial charge on any atom is 0.160 e. The molecule has 4 heterocycles. The molecule has 0 amide bonds. The van der Waals surface area contributed by atoms with Crippen LogP contribution >= 0.6 is 0 Å². The van der Waals surface area contributed by atoms with Gasteiger partial charge in [0.2, 0.25) is 0 Å². The van der Waals surface area contributed by atoms with Crippen LogP contribution in [-0.2, 0) is 0 Å². The van der Waals surface area contributed by atoms with E-state index < -0.39 is 0 Å². The number of hydrogen-bond acceptors (Lipinski definition) is 5. The molecular weight excluding hydrogens is 701 g/mol. The molecular formula is C52H30N2O3. The summed E-state index contributed by atoms with van der Waals surface area (Å²) in [5, 5.41) is 6.47. The van der Waals surface area contributed by atoms with E-state index in [0.717, 1.165) is 116 Å². The van der Waals surface area contributed by atoms with Crippen LogP contribution in [0.4, 0.5) is 0 Å². The molecule has 0 spiro atoms. The minimum atomic E-state index is 0.651. The van der Waals surface area contributed by atoms with E-state index in [1.807, 2.05) is 66.7 Å². The number of rotatable bonds is 5. The Hall–Kier alpha value is -7.76. The van der Waals surface area contributed by atoms with Crippen molar-refractivity contribution < 1.29 is 13.3 Å². The first-order valence-corrected chi connectivity index (χ1v) is 19.0. The molecule has 0 radical (unpaired) electrons. The molecule has 0 N–H and O–H groups in total. The first-order valence-electron chi connectivity index (χ1n) is 19.0. The highest BCUT2D eigenvalue weighted by Crippen LogP contribution is 2.41. The van der Waals surface area contributed by atoms with E-state index in [0.29, 0.717) is 5.82 Å². The van der Waals surface area contributed by atoms with E-state index in [4.69, 9.17) is 23.2 Å². The Morgan fingerprint density at radius 3 is 1.49 bits per heavy atom. The lowest BCUT2D eigenvalue weighted by molar-refractivity contribution is 0.668. The maximum absolute atomic E-state index is 6.59. The van der Waals surface area contributed by atoms with Gasteiger partial charge in [-0.15, -0.1) is 0 Å². The molecule has 0 aliphatic carbocycles. The van der Waals surface area contributed by atoms with Gasteiger partial charge in [-0.25, -0.2) is 9.97 Å². The topological polar surface area (TPSA) is 65.2 Å². The highest BCUT2D eigenvalue weighted by atomic mass is 16.3. The summed E-state index contributed by atoms with van der Waals surface area (Å²) in [5.74, 6) is 0.651. The van der Waals surface area contributed by atoms with Gasteiger partial charge in [-0.3, -0.25) is 0 Å². The molecule has 0 aliphatic rings. The predicted molar refractivity (Wildman–Crippen MR) is 231 cm³/mol. The van der Waals surface area contributed by atoms with E-state index in [1.165, 1.54) is 0 Å². The molecule has 5 nitrogen and oxygen atoms in total. The quantitative estimate of drug-likeness (QED) is 0.176. The minimum Gasteiger partial charge on any atom is -0.456 e. The van der Waals surface area contributed by atoms with Crippen molar-refractivity contribution in [3.63, 3.8) is 0 Å². The molecule has 0 bridgehead atoms. The number of para-hydroxylation sites is 4. The van der Waals surface area contributed by atoms with Crippen LogP contribution in [0, 0.1) is 0 Å². The van der Waals surface area contributed by atoms with Crippen molar-refractivity contribution in [2.24, 2.45) is 0 Å². The third kappa shape index (κ3) is 5.17. The third-order valence-electron chi connectivity index (χ3n) is 11.1. The van der Waals surface area contributed by atoms with Gasteiger partial charge >= 0.3 is 0 Å². The monoisotopic (exact) mass is 730 g/mol. The number of furan rings is 3. The van der Waals surface area contributed by atoms with Crippen LogP contribution in [-0.4, -0.2) is 9.97 Å². The van der Waals surface area contributed by atoms with Gasteiger partial charge in [-0.05, 0) is 89.5 Å². The Morgan fingerprint density at radius 1 is 0.281 bits per heavy atom. The SMILES string of the molecule is c1ccc(-c2nc(-c3cc(-c4ccc5oc6ccccc6c5c4)cc(-c4cccc5c4oc4ccccc45)c3)cc(-c3ccc4oc5ccccc5c4c3)n2)cc1. The molecule has 12 rings (SSSR count). The lowest BCUT2D eigenvalue weighted by Crippen LogP contribution is -1.96. The van der Waals surface area contributed by atoms with E-state index >= 15 is 0 Å². The Bertz CT molecular complexity index is 3540. The number of fused-ring (bicyclic) bond motifs is 9. The zero-order valence-corrected chi connectivity index (χ0v) is 30.4. The van der Waals surface area contributed by atoms with Gasteiger partial charge in [0.1, 0.15) is 33.5 Å². The average molecular weight is 731 g/mol. The molecule has 4 aromatic heterocycles. The molecule has 266 valence electrons. The standard InChI is InChI=1S/C52H30N2O3/c1-2-11-31(12-3-1)52-53-44(33-22-24-50-43(29-33)40-15-6-8-19-47(40)56-50)30-45(54-52)36-26-34(32-21-23-49-42(28-32)39-14-5-7-18-46(39)55-49)25-35(27-36)37-16-10-17-41-38-13-4-9-20-48(38)57-51(37)41/h1-30H. The molecule has 57 heavy (non-hydrogen) atoms. The summed E-state index contributed by atoms with van der Waals surface area (Å²) >= 11 is 0. The van der Waals surface area contributed by atoms with Crippen LogP contribution in [0.15, 0.2) is 195 Å². The van der Waals surface area contributed by atoms with Gasteiger partial charge in [0.15, 0.2) is 5.82 Å². The average Bonchev–Trinajstić information content (AvgIpc) is 3.97. The summed E-state index contributed by atoms with van der Waals surface area (Å²) in [4.78, 5) is 10.5. The van der Waals surface area contributed by atoms with Gasteiger partial charge in [0.25, 0.3) is 0 Å². The molecule has 5 heteroatoms. The summed E-state index contributed by atoms with van der Waals surface area (Å²) in [6.07, 6.45) is 0. The Labute approximate surface area is 326 Å². The van der Waals surface area contributed by atoms with Gasteiger partial charge in [-0.2, -0.15) is 0 Å². The van der Waals surface area contributed by atoms with Gasteiger partial charge in [-0.1, -0.05) is 109 Å². The lowest BCUT2D eigenvalue weighted by Gasteiger charge is -2.13. The Kier molecular flexibility index (Phi) is 6.86. The van der Waals surface area contributed by atoms with Gasteiger partial charge in [0.05, 0.1) is 11.4 Å². The molecule has 0 atom stereocenters. The summed E-state index contributed by atoms with van der Waals surface area (Å²) < 4.78 is 19.0. The fourth-order valence-corrected chi connectivity index (χ4v) is 8.32. The largest absolute Gasteiger partial charge is 0.456 e. The van der Waals surface area contributed by atoms with E-state index in [-0.39, 0.29) is 0 Å². The zero-order valence-electron chi connectivity index (χ0n) is 30.4. The van der Waals surface area contributed by atoms with Crippen molar-refractivity contribution in [3.05, 3.63) is 182 Å². The number of benzene rings is 8. The third-order valence-corrected chi connectivity index (χ3v) is 11.1. The minimum absolute atomic E-state index is 0.651. The molecule has 0 saturated heterocycles. The fourth-order valence-electron chi connectivity index (χ4n) is 8.32. The second-order valence-electron chi connectivity index (χ2n) is 14.5. The van der Waals surface area contributed by atoms with Crippen LogP contribution in [0.25, 0.3) is 122 Å². The number of hydrogen-bond donors (Lipinski definition) is 0. The van der Waals surface area contributed by atoms with Crippen LogP contribution in [0.5, 0.6) is 0 Å². The van der Waals surface area contributed by atoms with Crippen molar-refractivity contribution in [2.75, 3.05) is 0 Å². The van der Waals surface area contributed by atoms with Crippen molar-refractivity contribution in [3.8, 4) is 56.2 Å². The maximum atomic E-state index is 6.59. The molecule has 0 unspecified atom stereocenters. The Balaban J connectivity index is 1.11. The van der Waals surface area contributed by atoms with E-state index in [9.17, 15) is 0 Å². The molecule has 8 aromatic carbocycles. The van der Waals surface area contributed by atoms with Crippen LogP contribution in [0.2, 0.25) is 0 Å². The van der Waals surface area contributed by atoms with Crippen LogP contribution < -0.4 is 0 Å². The van der Waals surface area contributed by atoms with E-state index in [2.05, 4.69) is 115 Å². The number of nitrogens with zero attached hydrogens (tertiary/aromatic N) is 2. The second-order valence-corrected chi connectivity index (χ2v) is 14.5.